The van der Waals surface area contributed by atoms with Crippen molar-refractivity contribution >= 4 is 11.8 Å². The van der Waals surface area contributed by atoms with Crippen LogP contribution in [0, 0.1) is 5.92 Å². The molecule has 1 heterocycles. The molecular formula is C12H26N2S. The predicted molar refractivity (Wildman–Crippen MR) is 70.4 cm³/mol. The van der Waals surface area contributed by atoms with E-state index in [1.807, 2.05) is 0 Å². The summed E-state index contributed by atoms with van der Waals surface area (Å²) in [6.07, 6.45) is 3.91. The molecule has 3 unspecified atom stereocenters. The molecule has 3 heteroatoms. The summed E-state index contributed by atoms with van der Waals surface area (Å²) in [5.74, 6) is 3.36. The highest BCUT2D eigenvalue weighted by Gasteiger charge is 2.27. The van der Waals surface area contributed by atoms with Gasteiger partial charge in [-0.3, -0.25) is 4.90 Å². The van der Waals surface area contributed by atoms with Crippen molar-refractivity contribution in [2.24, 2.45) is 11.7 Å². The largest absolute Gasteiger partial charge is 0.329 e. The molecule has 0 aliphatic carbocycles. The smallest absolute Gasteiger partial charge is 0.0244 e. The first-order valence-corrected chi connectivity index (χ1v) is 7.35. The zero-order chi connectivity index (χ0) is 11.3. The lowest BCUT2D eigenvalue weighted by Gasteiger charge is -2.35. The molecule has 0 spiro atoms. The van der Waals surface area contributed by atoms with Crippen LogP contribution < -0.4 is 5.73 Å². The van der Waals surface area contributed by atoms with Gasteiger partial charge in [0.15, 0.2) is 0 Å². The summed E-state index contributed by atoms with van der Waals surface area (Å²) in [4.78, 5) is 2.54. The van der Waals surface area contributed by atoms with E-state index in [9.17, 15) is 0 Å². The van der Waals surface area contributed by atoms with E-state index in [0.717, 1.165) is 18.5 Å². The molecule has 1 aliphatic heterocycles. The third-order valence-electron chi connectivity index (χ3n) is 3.65. The van der Waals surface area contributed by atoms with Gasteiger partial charge in [-0.05, 0) is 31.6 Å². The Kier molecular flexibility index (Phi) is 6.02. The summed E-state index contributed by atoms with van der Waals surface area (Å²) >= 11 is 2.08. The first kappa shape index (κ1) is 13.3. The number of nitrogens with two attached hydrogens (primary N) is 1. The molecule has 1 fully saturated rings. The second-order valence-corrected chi connectivity index (χ2v) is 5.90. The van der Waals surface area contributed by atoms with Crippen LogP contribution in [0.2, 0.25) is 0 Å². The number of rotatable bonds is 6. The highest BCUT2D eigenvalue weighted by atomic mass is 32.2. The van der Waals surface area contributed by atoms with E-state index in [0.29, 0.717) is 6.04 Å². The lowest BCUT2D eigenvalue weighted by Crippen LogP contribution is -2.47. The fourth-order valence-corrected chi connectivity index (χ4v) is 3.84. The zero-order valence-corrected chi connectivity index (χ0v) is 11.2. The summed E-state index contributed by atoms with van der Waals surface area (Å²) in [6.45, 7) is 5.41. The Labute approximate surface area is 99.0 Å². The zero-order valence-electron chi connectivity index (χ0n) is 10.4. The van der Waals surface area contributed by atoms with Gasteiger partial charge in [0.2, 0.25) is 0 Å². The molecule has 0 aromatic carbocycles. The average Bonchev–Trinajstić information content (AvgIpc) is 2.71. The van der Waals surface area contributed by atoms with E-state index in [4.69, 9.17) is 5.73 Å². The first-order chi connectivity index (χ1) is 7.20. The standard InChI is InChI=1S/C12H26N2S/c1-4-5-10(2)12(8-13)14(3)11-6-7-15-9-11/h10-12H,4-9,13H2,1-3H3. The minimum absolute atomic E-state index is 0.577. The third kappa shape index (κ3) is 3.65. The van der Waals surface area contributed by atoms with Crippen molar-refractivity contribution in [1.82, 2.24) is 4.90 Å². The summed E-state index contributed by atoms with van der Waals surface area (Å²) in [5.41, 5.74) is 5.92. The van der Waals surface area contributed by atoms with E-state index in [1.54, 1.807) is 0 Å². The van der Waals surface area contributed by atoms with E-state index in [1.165, 1.54) is 30.8 Å². The molecule has 0 saturated carbocycles. The fraction of sp³-hybridized carbons (Fsp3) is 1.00. The van der Waals surface area contributed by atoms with Gasteiger partial charge in [0.1, 0.15) is 0 Å². The molecule has 15 heavy (non-hydrogen) atoms. The molecule has 1 rings (SSSR count). The van der Waals surface area contributed by atoms with Crippen LogP contribution >= 0.6 is 11.8 Å². The predicted octanol–water partition coefficient (Wildman–Crippen LogP) is 2.19. The Morgan fingerprint density at radius 1 is 1.53 bits per heavy atom. The van der Waals surface area contributed by atoms with Crippen molar-refractivity contribution in [2.45, 2.75) is 45.2 Å². The minimum atomic E-state index is 0.577. The Hall–Kier alpha value is 0.270. The molecule has 2 N–H and O–H groups in total. The molecule has 3 atom stereocenters. The van der Waals surface area contributed by atoms with Crippen LogP contribution in [-0.2, 0) is 0 Å². The van der Waals surface area contributed by atoms with Crippen LogP contribution in [0.3, 0.4) is 0 Å². The van der Waals surface area contributed by atoms with Crippen LogP contribution in [-0.4, -0.2) is 42.1 Å². The minimum Gasteiger partial charge on any atom is -0.329 e. The molecule has 0 aromatic rings. The summed E-state index contributed by atoms with van der Waals surface area (Å²) < 4.78 is 0. The molecule has 1 saturated heterocycles. The third-order valence-corrected chi connectivity index (χ3v) is 4.79. The van der Waals surface area contributed by atoms with E-state index in [-0.39, 0.29) is 0 Å². The maximum absolute atomic E-state index is 5.92. The van der Waals surface area contributed by atoms with E-state index < -0.39 is 0 Å². The lowest BCUT2D eigenvalue weighted by atomic mass is 9.94. The highest BCUT2D eigenvalue weighted by molar-refractivity contribution is 7.99. The second kappa shape index (κ2) is 6.77. The maximum atomic E-state index is 5.92. The second-order valence-electron chi connectivity index (χ2n) is 4.75. The van der Waals surface area contributed by atoms with Crippen molar-refractivity contribution in [2.75, 3.05) is 25.1 Å². The summed E-state index contributed by atoms with van der Waals surface area (Å²) in [5, 5.41) is 0. The molecular weight excluding hydrogens is 204 g/mol. The number of hydrogen-bond acceptors (Lipinski definition) is 3. The van der Waals surface area contributed by atoms with Gasteiger partial charge in [0.05, 0.1) is 0 Å². The van der Waals surface area contributed by atoms with Gasteiger partial charge in [-0.25, -0.2) is 0 Å². The molecule has 0 bridgehead atoms. The topological polar surface area (TPSA) is 29.3 Å². The Morgan fingerprint density at radius 3 is 2.73 bits per heavy atom. The fourth-order valence-electron chi connectivity index (χ4n) is 2.56. The number of likely N-dealkylation sites (N-methyl/N-ethyl adjacent to an activating group) is 1. The van der Waals surface area contributed by atoms with Gasteiger partial charge in [-0.2, -0.15) is 11.8 Å². The number of nitrogens with zero attached hydrogens (tertiary/aromatic N) is 1. The van der Waals surface area contributed by atoms with Crippen LogP contribution in [0.1, 0.15) is 33.1 Å². The molecule has 0 aromatic heterocycles. The average molecular weight is 230 g/mol. The quantitative estimate of drug-likeness (QED) is 0.758. The molecule has 1 aliphatic rings. The van der Waals surface area contributed by atoms with Crippen LogP contribution in [0.25, 0.3) is 0 Å². The van der Waals surface area contributed by atoms with Crippen molar-refractivity contribution in [3.8, 4) is 0 Å². The van der Waals surface area contributed by atoms with E-state index >= 15 is 0 Å². The van der Waals surface area contributed by atoms with Gasteiger partial charge in [0, 0.05) is 24.4 Å². The summed E-state index contributed by atoms with van der Waals surface area (Å²) in [7, 11) is 2.26. The lowest BCUT2D eigenvalue weighted by molar-refractivity contribution is 0.141. The number of hydrogen-bond donors (Lipinski definition) is 1. The van der Waals surface area contributed by atoms with Crippen molar-refractivity contribution in [3.63, 3.8) is 0 Å². The van der Waals surface area contributed by atoms with Crippen molar-refractivity contribution < 1.29 is 0 Å². The SMILES string of the molecule is CCCC(C)C(CN)N(C)C1CCSC1. The van der Waals surface area contributed by atoms with Gasteiger partial charge in [0.25, 0.3) is 0 Å². The van der Waals surface area contributed by atoms with Gasteiger partial charge in [-0.15, -0.1) is 0 Å². The maximum Gasteiger partial charge on any atom is 0.0244 e. The van der Waals surface area contributed by atoms with Crippen LogP contribution in [0.15, 0.2) is 0 Å². The van der Waals surface area contributed by atoms with Gasteiger partial charge < -0.3 is 5.73 Å². The molecule has 90 valence electrons. The van der Waals surface area contributed by atoms with Gasteiger partial charge >= 0.3 is 0 Å². The molecule has 0 radical (unpaired) electrons. The van der Waals surface area contributed by atoms with E-state index in [2.05, 4.69) is 37.6 Å². The highest BCUT2D eigenvalue weighted by Crippen LogP contribution is 2.25. The number of thioether (sulfide) groups is 1. The normalized spacial score (nSPS) is 25.8. The van der Waals surface area contributed by atoms with Crippen LogP contribution in [0.4, 0.5) is 0 Å². The first-order valence-electron chi connectivity index (χ1n) is 6.20. The molecule has 2 nitrogen and oxygen atoms in total. The Bertz CT molecular complexity index is 169. The van der Waals surface area contributed by atoms with Crippen LogP contribution in [0.5, 0.6) is 0 Å². The van der Waals surface area contributed by atoms with Gasteiger partial charge in [-0.1, -0.05) is 20.3 Å². The van der Waals surface area contributed by atoms with Crippen molar-refractivity contribution in [1.29, 1.82) is 0 Å². The Morgan fingerprint density at radius 2 is 2.27 bits per heavy atom. The Balaban J connectivity index is 2.48. The monoisotopic (exact) mass is 230 g/mol. The molecule has 0 amide bonds. The summed E-state index contributed by atoms with van der Waals surface area (Å²) in [6, 6.07) is 1.34. The van der Waals surface area contributed by atoms with Crippen molar-refractivity contribution in [3.05, 3.63) is 0 Å².